The maximum atomic E-state index is 11.4. The molecule has 106 valence electrons. The zero-order chi connectivity index (χ0) is 14.5. The van der Waals surface area contributed by atoms with Gasteiger partial charge in [-0.1, -0.05) is 0 Å². The monoisotopic (exact) mass is 275 g/mol. The molecule has 0 saturated heterocycles. The molecule has 2 aromatic rings. The number of aromatic amines is 1. The Morgan fingerprint density at radius 2 is 2.05 bits per heavy atom. The lowest BCUT2D eigenvalue weighted by molar-refractivity contribution is -0.142. The molecule has 0 aliphatic carbocycles. The molecule has 0 aliphatic rings. The van der Waals surface area contributed by atoms with E-state index in [1.807, 2.05) is 24.3 Å². The summed E-state index contributed by atoms with van der Waals surface area (Å²) in [4.78, 5) is 11.4. The van der Waals surface area contributed by atoms with E-state index >= 15 is 0 Å². The predicted octanol–water partition coefficient (Wildman–Crippen LogP) is 1.13. The SMILES string of the molecule is COC(=O)C(N)Cc1cn[nH]c1-c1ccc(OC)cc1. The molecule has 0 amide bonds. The Morgan fingerprint density at radius 3 is 2.65 bits per heavy atom. The number of ether oxygens (including phenoxy) is 2. The first kappa shape index (κ1) is 14.1. The van der Waals surface area contributed by atoms with Gasteiger partial charge in [0.05, 0.1) is 26.1 Å². The molecule has 0 bridgehead atoms. The molecule has 3 N–H and O–H groups in total. The number of methoxy groups -OCH3 is 2. The van der Waals surface area contributed by atoms with Crippen LogP contribution in [0.4, 0.5) is 0 Å². The Bertz CT molecular complexity index is 578. The van der Waals surface area contributed by atoms with Gasteiger partial charge in [-0.15, -0.1) is 0 Å². The Kier molecular flexibility index (Phi) is 4.37. The van der Waals surface area contributed by atoms with E-state index in [4.69, 9.17) is 10.5 Å². The van der Waals surface area contributed by atoms with E-state index in [2.05, 4.69) is 14.9 Å². The molecular weight excluding hydrogens is 258 g/mol. The van der Waals surface area contributed by atoms with Crippen LogP contribution in [0.25, 0.3) is 11.3 Å². The highest BCUT2D eigenvalue weighted by Crippen LogP contribution is 2.24. The lowest BCUT2D eigenvalue weighted by Gasteiger charge is -2.09. The van der Waals surface area contributed by atoms with E-state index in [1.54, 1.807) is 13.3 Å². The third kappa shape index (κ3) is 2.97. The third-order valence-electron chi connectivity index (χ3n) is 3.04. The minimum atomic E-state index is -0.699. The maximum Gasteiger partial charge on any atom is 0.322 e. The minimum absolute atomic E-state index is 0.366. The fourth-order valence-corrected chi connectivity index (χ4v) is 1.95. The van der Waals surface area contributed by atoms with Crippen molar-refractivity contribution in [2.75, 3.05) is 14.2 Å². The molecule has 1 heterocycles. The van der Waals surface area contributed by atoms with Crippen LogP contribution in [0.3, 0.4) is 0 Å². The number of hydrogen-bond donors (Lipinski definition) is 2. The van der Waals surface area contributed by atoms with Gasteiger partial charge in [0, 0.05) is 12.0 Å². The number of benzene rings is 1. The molecule has 1 aromatic carbocycles. The molecule has 1 aromatic heterocycles. The number of esters is 1. The number of hydrogen-bond acceptors (Lipinski definition) is 5. The van der Waals surface area contributed by atoms with Crippen molar-refractivity contribution in [3.8, 4) is 17.0 Å². The van der Waals surface area contributed by atoms with Crippen LogP contribution in [0.5, 0.6) is 5.75 Å². The van der Waals surface area contributed by atoms with Crippen LogP contribution in [0, 0.1) is 0 Å². The second kappa shape index (κ2) is 6.21. The molecule has 6 heteroatoms. The van der Waals surface area contributed by atoms with Gasteiger partial charge in [0.1, 0.15) is 11.8 Å². The molecule has 1 unspecified atom stereocenters. The van der Waals surface area contributed by atoms with Crippen molar-refractivity contribution in [3.63, 3.8) is 0 Å². The fraction of sp³-hybridized carbons (Fsp3) is 0.286. The van der Waals surface area contributed by atoms with Gasteiger partial charge in [-0.2, -0.15) is 5.10 Å². The Labute approximate surface area is 116 Å². The molecule has 0 spiro atoms. The summed E-state index contributed by atoms with van der Waals surface area (Å²) < 4.78 is 9.75. The van der Waals surface area contributed by atoms with Crippen molar-refractivity contribution in [2.45, 2.75) is 12.5 Å². The normalized spacial score (nSPS) is 11.9. The predicted molar refractivity (Wildman–Crippen MR) is 74.3 cm³/mol. The third-order valence-corrected chi connectivity index (χ3v) is 3.04. The number of carbonyl (C=O) groups is 1. The molecule has 1 atom stereocenters. The molecule has 2 rings (SSSR count). The highest BCUT2D eigenvalue weighted by molar-refractivity contribution is 5.76. The summed E-state index contributed by atoms with van der Waals surface area (Å²) in [7, 11) is 2.94. The molecule has 0 saturated carbocycles. The Balaban J connectivity index is 2.21. The van der Waals surface area contributed by atoms with Crippen molar-refractivity contribution in [3.05, 3.63) is 36.0 Å². The van der Waals surface area contributed by atoms with E-state index in [-0.39, 0.29) is 0 Å². The highest BCUT2D eigenvalue weighted by atomic mass is 16.5. The number of aromatic nitrogens is 2. The van der Waals surface area contributed by atoms with Gasteiger partial charge in [0.2, 0.25) is 0 Å². The molecule has 6 nitrogen and oxygen atoms in total. The fourth-order valence-electron chi connectivity index (χ4n) is 1.95. The number of nitrogens with one attached hydrogen (secondary N) is 1. The summed E-state index contributed by atoms with van der Waals surface area (Å²) in [6.45, 7) is 0. The summed E-state index contributed by atoms with van der Waals surface area (Å²) in [6.07, 6.45) is 2.03. The number of nitrogens with zero attached hydrogens (tertiary/aromatic N) is 1. The van der Waals surface area contributed by atoms with Crippen LogP contribution >= 0.6 is 0 Å². The number of nitrogens with two attached hydrogens (primary N) is 1. The highest BCUT2D eigenvalue weighted by Gasteiger charge is 2.18. The van der Waals surface area contributed by atoms with Crippen LogP contribution < -0.4 is 10.5 Å². The zero-order valence-corrected chi connectivity index (χ0v) is 11.4. The van der Waals surface area contributed by atoms with Crippen LogP contribution in [0.2, 0.25) is 0 Å². The van der Waals surface area contributed by atoms with Crippen molar-refractivity contribution < 1.29 is 14.3 Å². The smallest absolute Gasteiger partial charge is 0.322 e. The van der Waals surface area contributed by atoms with Gasteiger partial charge in [0.15, 0.2) is 0 Å². The van der Waals surface area contributed by atoms with E-state index in [9.17, 15) is 4.79 Å². The number of rotatable bonds is 5. The lowest BCUT2D eigenvalue weighted by Crippen LogP contribution is -2.33. The van der Waals surface area contributed by atoms with Gasteiger partial charge in [0.25, 0.3) is 0 Å². The second-order valence-electron chi connectivity index (χ2n) is 4.33. The molecular formula is C14H17N3O3. The average molecular weight is 275 g/mol. The van der Waals surface area contributed by atoms with Crippen LogP contribution in [0.15, 0.2) is 30.5 Å². The summed E-state index contributed by atoms with van der Waals surface area (Å²) in [6, 6.07) is 6.86. The molecule has 0 radical (unpaired) electrons. The standard InChI is InChI=1S/C14H17N3O3/c1-19-11-5-3-9(4-6-11)13-10(8-16-17-13)7-12(15)14(18)20-2/h3-6,8,12H,7,15H2,1-2H3,(H,16,17). The summed E-state index contributed by atoms with van der Waals surface area (Å²) >= 11 is 0. The minimum Gasteiger partial charge on any atom is -0.497 e. The van der Waals surface area contributed by atoms with Gasteiger partial charge in [-0.05, 0) is 29.8 Å². The van der Waals surface area contributed by atoms with E-state index in [0.29, 0.717) is 6.42 Å². The number of H-pyrrole nitrogens is 1. The summed E-state index contributed by atoms with van der Waals surface area (Å²) in [5.41, 5.74) is 8.44. The maximum absolute atomic E-state index is 11.4. The van der Waals surface area contributed by atoms with Crippen LogP contribution in [-0.4, -0.2) is 36.4 Å². The largest absolute Gasteiger partial charge is 0.497 e. The summed E-state index contributed by atoms with van der Waals surface area (Å²) in [5, 5.41) is 6.94. The number of carbonyl (C=O) groups excluding carboxylic acids is 1. The first-order chi connectivity index (χ1) is 9.65. The Hall–Kier alpha value is -2.34. The molecule has 20 heavy (non-hydrogen) atoms. The first-order valence-corrected chi connectivity index (χ1v) is 6.15. The quantitative estimate of drug-likeness (QED) is 0.798. The van der Waals surface area contributed by atoms with Gasteiger partial charge in [-0.3, -0.25) is 9.89 Å². The van der Waals surface area contributed by atoms with Crippen molar-refractivity contribution in [1.82, 2.24) is 10.2 Å². The second-order valence-corrected chi connectivity index (χ2v) is 4.33. The molecule has 0 aliphatic heterocycles. The van der Waals surface area contributed by atoms with Crippen LogP contribution in [0.1, 0.15) is 5.56 Å². The van der Waals surface area contributed by atoms with Crippen LogP contribution in [-0.2, 0) is 16.0 Å². The van der Waals surface area contributed by atoms with Crippen molar-refractivity contribution in [1.29, 1.82) is 0 Å². The Morgan fingerprint density at radius 1 is 1.35 bits per heavy atom. The van der Waals surface area contributed by atoms with Crippen molar-refractivity contribution in [2.24, 2.45) is 5.73 Å². The van der Waals surface area contributed by atoms with Gasteiger partial charge >= 0.3 is 5.97 Å². The van der Waals surface area contributed by atoms with E-state index in [0.717, 1.165) is 22.6 Å². The van der Waals surface area contributed by atoms with E-state index < -0.39 is 12.0 Å². The lowest BCUT2D eigenvalue weighted by atomic mass is 10.0. The van der Waals surface area contributed by atoms with E-state index in [1.165, 1.54) is 7.11 Å². The molecule has 0 fully saturated rings. The van der Waals surface area contributed by atoms with Crippen molar-refractivity contribution >= 4 is 5.97 Å². The van der Waals surface area contributed by atoms with Gasteiger partial charge < -0.3 is 15.2 Å². The summed E-state index contributed by atoms with van der Waals surface area (Å²) in [5.74, 6) is 0.341. The topological polar surface area (TPSA) is 90.2 Å². The first-order valence-electron chi connectivity index (χ1n) is 6.15. The van der Waals surface area contributed by atoms with Gasteiger partial charge in [-0.25, -0.2) is 0 Å². The zero-order valence-electron chi connectivity index (χ0n) is 11.4. The average Bonchev–Trinajstić information content (AvgIpc) is 2.94.